The molecule has 0 heterocycles. The maximum absolute atomic E-state index is 11.4. The van der Waals surface area contributed by atoms with Crippen molar-refractivity contribution in [1.29, 1.82) is 0 Å². The van der Waals surface area contributed by atoms with Gasteiger partial charge in [0.1, 0.15) is 0 Å². The molecule has 0 aromatic rings. The van der Waals surface area contributed by atoms with Crippen LogP contribution in [0.1, 0.15) is 34.1 Å². The van der Waals surface area contributed by atoms with Gasteiger partial charge in [0.25, 0.3) is 0 Å². The number of ether oxygens (including phenoxy) is 2. The lowest BCUT2D eigenvalue weighted by Crippen LogP contribution is -2.28. The van der Waals surface area contributed by atoms with E-state index in [0.29, 0.717) is 13.0 Å². The van der Waals surface area contributed by atoms with Crippen LogP contribution in [0.4, 0.5) is 0 Å². The molecule has 4 nitrogen and oxygen atoms in total. The zero-order valence-corrected chi connectivity index (χ0v) is 9.25. The number of rotatable bonds is 5. The van der Waals surface area contributed by atoms with Crippen LogP contribution in [-0.4, -0.2) is 25.2 Å². The van der Waals surface area contributed by atoms with E-state index in [1.54, 1.807) is 20.8 Å². The molecule has 0 bridgehead atoms. The summed E-state index contributed by atoms with van der Waals surface area (Å²) in [5.41, 5.74) is -0.535. The number of hydrogen-bond acceptors (Lipinski definition) is 4. The summed E-state index contributed by atoms with van der Waals surface area (Å²) < 4.78 is 9.42. The predicted molar refractivity (Wildman–Crippen MR) is 51.7 cm³/mol. The van der Waals surface area contributed by atoms with Gasteiger partial charge < -0.3 is 9.47 Å². The molecule has 0 aliphatic carbocycles. The van der Waals surface area contributed by atoms with Gasteiger partial charge in [0, 0.05) is 0 Å². The molecule has 0 unspecified atom stereocenters. The van der Waals surface area contributed by atoms with Gasteiger partial charge in [-0.1, -0.05) is 6.92 Å². The highest BCUT2D eigenvalue weighted by Crippen LogP contribution is 2.21. The molecule has 0 aliphatic heterocycles. The molecule has 4 heteroatoms. The van der Waals surface area contributed by atoms with E-state index in [9.17, 15) is 9.59 Å². The predicted octanol–water partition coefficient (Wildman–Crippen LogP) is 1.53. The van der Waals surface area contributed by atoms with Crippen molar-refractivity contribution < 1.29 is 19.1 Å². The van der Waals surface area contributed by atoms with E-state index >= 15 is 0 Å². The highest BCUT2D eigenvalue weighted by molar-refractivity contribution is 5.79. The van der Waals surface area contributed by atoms with Crippen molar-refractivity contribution in [2.75, 3.05) is 13.2 Å². The second-order valence-corrected chi connectivity index (χ2v) is 3.62. The number of hydrogen-bond donors (Lipinski definition) is 0. The Balaban J connectivity index is 3.91. The summed E-state index contributed by atoms with van der Waals surface area (Å²) in [7, 11) is 0. The standard InChI is InChI=1S/C10H18O4/c1-5-10(3,4)9(12)14-7-8(11)13-6-2/h5-7H2,1-4H3. The molecule has 0 spiro atoms. The molecule has 0 rings (SSSR count). The topological polar surface area (TPSA) is 52.6 Å². The third kappa shape index (κ3) is 4.25. The SMILES string of the molecule is CCOC(=O)COC(=O)C(C)(C)CC. The third-order valence-electron chi connectivity index (χ3n) is 2.06. The molecule has 0 fully saturated rings. The maximum atomic E-state index is 11.4. The van der Waals surface area contributed by atoms with Gasteiger partial charge in [0.2, 0.25) is 0 Å². The zero-order chi connectivity index (χ0) is 11.2. The number of esters is 2. The van der Waals surface area contributed by atoms with Crippen LogP contribution in [0, 0.1) is 5.41 Å². The highest BCUT2D eigenvalue weighted by atomic mass is 16.6. The fourth-order valence-corrected chi connectivity index (χ4v) is 0.667. The lowest BCUT2D eigenvalue weighted by molar-refractivity contribution is -0.164. The van der Waals surface area contributed by atoms with E-state index in [2.05, 4.69) is 4.74 Å². The van der Waals surface area contributed by atoms with Gasteiger partial charge in [0.05, 0.1) is 12.0 Å². The normalized spacial score (nSPS) is 10.9. The highest BCUT2D eigenvalue weighted by Gasteiger charge is 2.27. The lowest BCUT2D eigenvalue weighted by atomic mass is 9.91. The van der Waals surface area contributed by atoms with Crippen molar-refractivity contribution in [3.05, 3.63) is 0 Å². The fraction of sp³-hybridized carbons (Fsp3) is 0.800. The van der Waals surface area contributed by atoms with Gasteiger partial charge in [-0.25, -0.2) is 4.79 Å². The van der Waals surface area contributed by atoms with Gasteiger partial charge in [-0.05, 0) is 27.2 Å². The summed E-state index contributed by atoms with van der Waals surface area (Å²) in [6.45, 7) is 7.16. The Morgan fingerprint density at radius 3 is 2.14 bits per heavy atom. The molecular weight excluding hydrogens is 184 g/mol. The van der Waals surface area contributed by atoms with Gasteiger partial charge in [-0.3, -0.25) is 4.79 Å². The molecular formula is C10H18O4. The van der Waals surface area contributed by atoms with Crippen molar-refractivity contribution in [2.45, 2.75) is 34.1 Å². The average molecular weight is 202 g/mol. The van der Waals surface area contributed by atoms with E-state index in [1.807, 2.05) is 6.92 Å². The Kier molecular flexibility index (Phi) is 5.20. The van der Waals surface area contributed by atoms with Crippen LogP contribution in [0.2, 0.25) is 0 Å². The monoisotopic (exact) mass is 202 g/mol. The average Bonchev–Trinajstić information content (AvgIpc) is 2.14. The van der Waals surface area contributed by atoms with Gasteiger partial charge in [0.15, 0.2) is 6.61 Å². The van der Waals surface area contributed by atoms with Crippen molar-refractivity contribution in [3.63, 3.8) is 0 Å². The summed E-state index contributed by atoms with van der Waals surface area (Å²) >= 11 is 0. The zero-order valence-electron chi connectivity index (χ0n) is 9.25. The molecule has 14 heavy (non-hydrogen) atoms. The fourth-order valence-electron chi connectivity index (χ4n) is 0.667. The molecule has 0 atom stereocenters. The third-order valence-corrected chi connectivity index (χ3v) is 2.06. The van der Waals surface area contributed by atoms with Gasteiger partial charge in [-0.2, -0.15) is 0 Å². The van der Waals surface area contributed by atoms with E-state index < -0.39 is 11.4 Å². The molecule has 82 valence electrons. The molecule has 0 amide bonds. The molecule has 0 saturated carbocycles. The van der Waals surface area contributed by atoms with Gasteiger partial charge >= 0.3 is 11.9 Å². The Hall–Kier alpha value is -1.06. The van der Waals surface area contributed by atoms with Crippen LogP contribution in [0.15, 0.2) is 0 Å². The second kappa shape index (κ2) is 5.62. The first-order valence-electron chi connectivity index (χ1n) is 4.77. The molecule has 0 aromatic heterocycles. The minimum atomic E-state index is -0.535. The molecule has 0 N–H and O–H groups in total. The molecule has 0 radical (unpaired) electrons. The van der Waals surface area contributed by atoms with E-state index in [1.165, 1.54) is 0 Å². The van der Waals surface area contributed by atoms with Crippen LogP contribution in [0.5, 0.6) is 0 Å². The second-order valence-electron chi connectivity index (χ2n) is 3.62. The molecule has 0 aromatic carbocycles. The summed E-state index contributed by atoms with van der Waals surface area (Å²) in [6, 6.07) is 0. The van der Waals surface area contributed by atoms with E-state index in [0.717, 1.165) is 0 Å². The molecule has 0 aliphatic rings. The minimum Gasteiger partial charge on any atom is -0.463 e. The Morgan fingerprint density at radius 2 is 1.71 bits per heavy atom. The quantitative estimate of drug-likeness (QED) is 0.634. The first-order chi connectivity index (χ1) is 6.44. The number of carbonyl (C=O) groups is 2. The van der Waals surface area contributed by atoms with Gasteiger partial charge in [-0.15, -0.1) is 0 Å². The van der Waals surface area contributed by atoms with E-state index in [4.69, 9.17) is 4.74 Å². The first kappa shape index (κ1) is 12.9. The Labute approximate surface area is 84.6 Å². The van der Waals surface area contributed by atoms with Crippen LogP contribution < -0.4 is 0 Å². The van der Waals surface area contributed by atoms with Crippen LogP contribution in [0.3, 0.4) is 0 Å². The van der Waals surface area contributed by atoms with Crippen molar-refractivity contribution in [2.24, 2.45) is 5.41 Å². The van der Waals surface area contributed by atoms with E-state index in [-0.39, 0.29) is 12.6 Å². The van der Waals surface area contributed by atoms with Crippen molar-refractivity contribution >= 4 is 11.9 Å². The van der Waals surface area contributed by atoms with Crippen LogP contribution in [-0.2, 0) is 19.1 Å². The Morgan fingerprint density at radius 1 is 1.14 bits per heavy atom. The smallest absolute Gasteiger partial charge is 0.344 e. The first-order valence-corrected chi connectivity index (χ1v) is 4.77. The lowest BCUT2D eigenvalue weighted by Gasteiger charge is -2.19. The minimum absolute atomic E-state index is 0.296. The van der Waals surface area contributed by atoms with Crippen LogP contribution >= 0.6 is 0 Å². The summed E-state index contributed by atoms with van der Waals surface area (Å²) in [6.07, 6.45) is 0.675. The maximum Gasteiger partial charge on any atom is 0.344 e. The summed E-state index contributed by atoms with van der Waals surface area (Å²) in [5.74, 6) is -0.874. The number of carbonyl (C=O) groups excluding carboxylic acids is 2. The summed E-state index contributed by atoms with van der Waals surface area (Å²) in [5, 5.41) is 0. The van der Waals surface area contributed by atoms with Crippen LogP contribution in [0.25, 0.3) is 0 Å². The largest absolute Gasteiger partial charge is 0.463 e. The Bertz CT molecular complexity index is 208. The summed E-state index contributed by atoms with van der Waals surface area (Å²) in [4.78, 5) is 22.2. The van der Waals surface area contributed by atoms with Crippen molar-refractivity contribution in [1.82, 2.24) is 0 Å². The van der Waals surface area contributed by atoms with Crippen molar-refractivity contribution in [3.8, 4) is 0 Å². The molecule has 0 saturated heterocycles.